The van der Waals surface area contributed by atoms with Crippen LogP contribution in [0.1, 0.15) is 22.8 Å². The maximum absolute atomic E-state index is 14.1. The molecule has 2 aliphatic rings. The van der Waals surface area contributed by atoms with Gasteiger partial charge >= 0.3 is 18.5 Å². The molecule has 0 fully saturated rings. The zero-order valence-electron chi connectivity index (χ0n) is 30.3. The van der Waals surface area contributed by atoms with Crippen LogP contribution in [0.2, 0.25) is 0 Å². The largest absolute Gasteiger partial charge is 0.451 e. The standard InChI is InChI=1S/C35H29F9N8O5S2/c1-58(53,54)48-25-6-3-19(13-23(25)33(36,37)38)21-5-8-27-28(15-21)57-29-16-22(20-4-7-26(49-59(2,55)56)24(14-20)34(39,40)41)17-45-31(29)51(27)11-9-50-10-12-52-30(18-50)46-47-32(52)35(42,43)44/h3-8,13-17,48-49H,9-12,18H2,1-2H3. The van der Waals surface area contributed by atoms with Gasteiger partial charge in [0, 0.05) is 37.9 Å². The number of sulfonamides is 2. The monoisotopic (exact) mass is 876 g/mol. The van der Waals surface area contributed by atoms with Crippen molar-refractivity contribution in [3.05, 3.63) is 89.6 Å². The van der Waals surface area contributed by atoms with Crippen LogP contribution in [-0.4, -0.2) is 73.6 Å². The molecule has 2 aliphatic heterocycles. The van der Waals surface area contributed by atoms with Crippen molar-refractivity contribution >= 4 is 42.9 Å². The highest BCUT2D eigenvalue weighted by molar-refractivity contribution is 7.92. The molecule has 3 aromatic carbocycles. The molecule has 2 aromatic heterocycles. The zero-order valence-corrected chi connectivity index (χ0v) is 32.0. The molecule has 314 valence electrons. The summed E-state index contributed by atoms with van der Waals surface area (Å²) in [5.74, 6) is -0.763. The van der Waals surface area contributed by atoms with Gasteiger partial charge in [0.05, 0.1) is 47.2 Å². The molecule has 0 atom stereocenters. The molecule has 0 saturated carbocycles. The maximum atomic E-state index is 14.1. The van der Waals surface area contributed by atoms with Gasteiger partial charge < -0.3 is 14.2 Å². The Morgan fingerprint density at radius 3 is 1.76 bits per heavy atom. The third-order valence-corrected chi connectivity index (χ3v) is 10.4. The lowest BCUT2D eigenvalue weighted by atomic mass is 10.00. The lowest BCUT2D eigenvalue weighted by Crippen LogP contribution is -2.40. The van der Waals surface area contributed by atoms with Crippen molar-refractivity contribution in [3.8, 4) is 33.8 Å². The fourth-order valence-electron chi connectivity index (χ4n) is 6.67. The molecular weight excluding hydrogens is 848 g/mol. The van der Waals surface area contributed by atoms with E-state index < -0.39 is 66.9 Å². The second-order valence-electron chi connectivity index (χ2n) is 13.6. The molecular formula is C35H29F9N8O5S2. The van der Waals surface area contributed by atoms with Gasteiger partial charge in [-0.3, -0.25) is 14.3 Å². The Balaban J connectivity index is 1.27. The van der Waals surface area contributed by atoms with Crippen molar-refractivity contribution < 1.29 is 61.1 Å². The lowest BCUT2D eigenvalue weighted by Gasteiger charge is -2.35. The van der Waals surface area contributed by atoms with Gasteiger partial charge in [-0.05, 0) is 59.2 Å². The molecule has 0 aliphatic carbocycles. The first-order valence-electron chi connectivity index (χ1n) is 17.0. The van der Waals surface area contributed by atoms with E-state index in [0.29, 0.717) is 18.2 Å². The van der Waals surface area contributed by atoms with Crippen molar-refractivity contribution in [1.29, 1.82) is 0 Å². The van der Waals surface area contributed by atoms with Crippen molar-refractivity contribution in [3.63, 3.8) is 0 Å². The highest BCUT2D eigenvalue weighted by atomic mass is 32.2. The van der Waals surface area contributed by atoms with Crippen LogP contribution < -0.4 is 19.1 Å². The molecule has 59 heavy (non-hydrogen) atoms. The van der Waals surface area contributed by atoms with E-state index in [2.05, 4.69) is 15.2 Å². The number of benzene rings is 3. The molecule has 7 rings (SSSR count). The minimum absolute atomic E-state index is 0.00981. The Labute approximate surface area is 329 Å². The summed E-state index contributed by atoms with van der Waals surface area (Å²) >= 11 is 0. The summed E-state index contributed by atoms with van der Waals surface area (Å²) in [5.41, 5.74) is -3.30. The molecule has 0 spiro atoms. The Kier molecular flexibility index (Phi) is 10.3. The average molecular weight is 877 g/mol. The highest BCUT2D eigenvalue weighted by Gasteiger charge is 2.40. The third kappa shape index (κ3) is 9.02. The molecule has 4 heterocycles. The summed E-state index contributed by atoms with van der Waals surface area (Å²) in [6.07, 6.45) is -12.0. The predicted octanol–water partition coefficient (Wildman–Crippen LogP) is 7.57. The van der Waals surface area contributed by atoms with Crippen LogP contribution in [0, 0.1) is 0 Å². The van der Waals surface area contributed by atoms with Crippen LogP contribution >= 0.6 is 0 Å². The number of anilines is 4. The van der Waals surface area contributed by atoms with Crippen LogP contribution in [0.3, 0.4) is 0 Å². The molecule has 0 bridgehead atoms. The van der Waals surface area contributed by atoms with E-state index >= 15 is 0 Å². The number of nitrogens with one attached hydrogen (secondary N) is 2. The van der Waals surface area contributed by atoms with Crippen LogP contribution in [0.5, 0.6) is 11.5 Å². The van der Waals surface area contributed by atoms with E-state index in [4.69, 9.17) is 4.74 Å². The van der Waals surface area contributed by atoms with E-state index in [-0.39, 0.29) is 78.1 Å². The van der Waals surface area contributed by atoms with Gasteiger partial charge in [0.25, 0.3) is 0 Å². The molecule has 0 amide bonds. The number of hydrogen-bond donors (Lipinski definition) is 2. The first-order chi connectivity index (χ1) is 27.3. The van der Waals surface area contributed by atoms with Crippen LogP contribution in [-0.2, 0) is 51.7 Å². The fourth-order valence-corrected chi connectivity index (χ4v) is 7.83. The SMILES string of the molecule is CS(=O)(=O)Nc1ccc(-c2ccc3c(c2)Oc2cc(-c4ccc(NS(C)(=O)=O)c(C(F)(F)F)c4)cnc2N3CCN2CCn3c(nnc3C(F)(F)F)C2)cc1C(F)(F)F. The van der Waals surface area contributed by atoms with E-state index in [1.807, 2.05) is 14.3 Å². The van der Waals surface area contributed by atoms with Gasteiger partial charge in [0.2, 0.25) is 25.9 Å². The van der Waals surface area contributed by atoms with E-state index in [1.165, 1.54) is 42.6 Å². The van der Waals surface area contributed by atoms with E-state index in [1.54, 1.807) is 4.90 Å². The number of ether oxygens (including phenoxy) is 1. The summed E-state index contributed by atoms with van der Waals surface area (Å²) in [7, 11) is -8.17. The van der Waals surface area contributed by atoms with Gasteiger partial charge in [0.1, 0.15) is 5.82 Å². The number of hydrogen-bond acceptors (Lipinski definition) is 10. The van der Waals surface area contributed by atoms with Crippen molar-refractivity contribution in [2.24, 2.45) is 0 Å². The summed E-state index contributed by atoms with van der Waals surface area (Å²) in [6, 6.07) is 11.7. The minimum Gasteiger partial charge on any atom is -0.451 e. The molecule has 0 radical (unpaired) electrons. The highest BCUT2D eigenvalue weighted by Crippen LogP contribution is 2.49. The smallest absolute Gasteiger partial charge is 0.451 e. The number of aromatic nitrogens is 4. The Morgan fingerprint density at radius 2 is 1.20 bits per heavy atom. The van der Waals surface area contributed by atoms with E-state index in [0.717, 1.165) is 28.8 Å². The van der Waals surface area contributed by atoms with Crippen LogP contribution in [0.25, 0.3) is 22.3 Å². The Bertz CT molecular complexity index is 2540. The predicted molar refractivity (Wildman–Crippen MR) is 196 cm³/mol. The molecule has 13 nitrogen and oxygen atoms in total. The summed E-state index contributed by atoms with van der Waals surface area (Å²) < 4.78 is 183. The number of nitrogens with zero attached hydrogens (tertiary/aromatic N) is 6. The second kappa shape index (κ2) is 14.6. The first kappa shape index (κ1) is 41.5. The van der Waals surface area contributed by atoms with Gasteiger partial charge in [-0.2, -0.15) is 39.5 Å². The Hall–Kier alpha value is -5.62. The number of fused-ring (bicyclic) bond motifs is 3. The topological polar surface area (TPSA) is 152 Å². The van der Waals surface area contributed by atoms with Gasteiger partial charge in [-0.15, -0.1) is 10.2 Å². The lowest BCUT2D eigenvalue weighted by molar-refractivity contribution is -0.148. The summed E-state index contributed by atoms with van der Waals surface area (Å²) in [6.45, 7) is 0.460. The van der Waals surface area contributed by atoms with Gasteiger partial charge in [0.15, 0.2) is 17.3 Å². The molecule has 24 heteroatoms. The Morgan fingerprint density at radius 1 is 0.661 bits per heavy atom. The zero-order chi connectivity index (χ0) is 42.9. The third-order valence-electron chi connectivity index (χ3n) is 9.19. The van der Waals surface area contributed by atoms with Crippen molar-refractivity contribution in [2.45, 2.75) is 31.6 Å². The molecule has 2 N–H and O–H groups in total. The number of alkyl halides is 9. The fraction of sp³-hybridized carbons (Fsp3) is 0.286. The average Bonchev–Trinajstić information content (AvgIpc) is 3.55. The normalized spacial score (nSPS) is 14.9. The van der Waals surface area contributed by atoms with Crippen LogP contribution in [0.15, 0.2) is 66.9 Å². The first-order valence-corrected chi connectivity index (χ1v) is 20.8. The quantitative estimate of drug-likeness (QED) is 0.142. The van der Waals surface area contributed by atoms with Gasteiger partial charge in [-0.1, -0.05) is 18.2 Å². The van der Waals surface area contributed by atoms with E-state index in [9.17, 15) is 56.3 Å². The van der Waals surface area contributed by atoms with Crippen molar-refractivity contribution in [1.82, 2.24) is 24.6 Å². The molecule has 5 aromatic rings. The van der Waals surface area contributed by atoms with Crippen molar-refractivity contribution in [2.75, 3.05) is 46.5 Å². The molecule has 0 unspecified atom stereocenters. The second-order valence-corrected chi connectivity index (χ2v) is 17.1. The minimum atomic E-state index is -4.98. The number of halogens is 9. The molecule has 0 saturated heterocycles. The summed E-state index contributed by atoms with van der Waals surface area (Å²) in [4.78, 5) is 7.98. The van der Waals surface area contributed by atoms with Gasteiger partial charge in [-0.25, -0.2) is 21.8 Å². The number of rotatable bonds is 9. The number of pyridine rings is 1. The maximum Gasteiger partial charge on any atom is 0.451 e. The van der Waals surface area contributed by atoms with Crippen LogP contribution in [0.4, 0.5) is 62.4 Å². The summed E-state index contributed by atoms with van der Waals surface area (Å²) in [5, 5.41) is 7.00.